The number of fused-ring (bicyclic) bond motifs is 1. The van der Waals surface area contributed by atoms with Crippen LogP contribution in [0, 0.1) is 19.7 Å². The van der Waals surface area contributed by atoms with Crippen molar-refractivity contribution in [3.63, 3.8) is 0 Å². The smallest absolute Gasteiger partial charge is 0.279 e. The number of carbonyl (C=O) groups excluding carboxylic acids is 1. The first-order valence-electron chi connectivity index (χ1n) is 9.68. The number of hydrogen-bond donors (Lipinski definition) is 1. The van der Waals surface area contributed by atoms with E-state index in [1.807, 2.05) is 32.0 Å². The summed E-state index contributed by atoms with van der Waals surface area (Å²) in [5.74, 6) is 0.301. The highest BCUT2D eigenvalue weighted by Crippen LogP contribution is 2.37. The molecule has 0 radical (unpaired) electrons. The summed E-state index contributed by atoms with van der Waals surface area (Å²) in [6.07, 6.45) is 0.219. The van der Waals surface area contributed by atoms with Crippen LogP contribution in [0.25, 0.3) is 0 Å². The van der Waals surface area contributed by atoms with Crippen LogP contribution in [-0.2, 0) is 17.6 Å². The predicted octanol–water partition coefficient (Wildman–Crippen LogP) is 4.30. The SMILES string of the molecule is Cc1ccc(C)c(C2CC(=O)Nc3c2c(=O)nc(SCc2ccc(F)cc2)n3C)c1. The van der Waals surface area contributed by atoms with E-state index in [0.717, 1.165) is 22.3 Å². The Morgan fingerprint density at radius 2 is 1.90 bits per heavy atom. The molecule has 154 valence electrons. The Balaban J connectivity index is 1.74. The number of thioether (sulfide) groups is 1. The van der Waals surface area contributed by atoms with Crippen molar-refractivity contribution < 1.29 is 9.18 Å². The summed E-state index contributed by atoms with van der Waals surface area (Å²) in [6.45, 7) is 3.99. The minimum Gasteiger partial charge on any atom is -0.312 e. The van der Waals surface area contributed by atoms with E-state index in [4.69, 9.17) is 0 Å². The van der Waals surface area contributed by atoms with Gasteiger partial charge in [-0.05, 0) is 42.7 Å². The third-order valence-corrected chi connectivity index (χ3v) is 6.49. The van der Waals surface area contributed by atoms with Gasteiger partial charge in [0.25, 0.3) is 5.56 Å². The molecule has 2 aromatic carbocycles. The van der Waals surface area contributed by atoms with Crippen LogP contribution in [0.3, 0.4) is 0 Å². The lowest BCUT2D eigenvalue weighted by Crippen LogP contribution is -2.33. The lowest BCUT2D eigenvalue weighted by molar-refractivity contribution is -0.116. The molecule has 1 amide bonds. The molecule has 1 unspecified atom stereocenters. The third kappa shape index (κ3) is 3.89. The summed E-state index contributed by atoms with van der Waals surface area (Å²) in [5.41, 5.74) is 4.23. The molecule has 2 heterocycles. The van der Waals surface area contributed by atoms with Crippen molar-refractivity contribution in [1.82, 2.24) is 9.55 Å². The molecule has 30 heavy (non-hydrogen) atoms. The van der Waals surface area contributed by atoms with Gasteiger partial charge >= 0.3 is 0 Å². The van der Waals surface area contributed by atoms with Crippen LogP contribution in [0.2, 0.25) is 0 Å². The van der Waals surface area contributed by atoms with Crippen molar-refractivity contribution >= 4 is 23.5 Å². The molecular formula is C23H22FN3O2S. The lowest BCUT2D eigenvalue weighted by Gasteiger charge is -2.28. The second-order valence-electron chi connectivity index (χ2n) is 7.60. The Hall–Kier alpha value is -2.93. The van der Waals surface area contributed by atoms with Crippen LogP contribution in [-0.4, -0.2) is 15.5 Å². The number of nitrogens with one attached hydrogen (secondary N) is 1. The van der Waals surface area contributed by atoms with Crippen LogP contribution in [0.5, 0.6) is 0 Å². The van der Waals surface area contributed by atoms with E-state index in [1.165, 1.54) is 23.9 Å². The molecule has 1 aliphatic heterocycles. The second-order valence-corrected chi connectivity index (χ2v) is 8.54. The predicted molar refractivity (Wildman–Crippen MR) is 116 cm³/mol. The molecule has 3 aromatic rings. The summed E-state index contributed by atoms with van der Waals surface area (Å²) in [7, 11) is 1.80. The molecule has 1 aromatic heterocycles. The van der Waals surface area contributed by atoms with Gasteiger partial charge < -0.3 is 9.88 Å². The molecule has 5 nitrogen and oxygen atoms in total. The van der Waals surface area contributed by atoms with E-state index in [9.17, 15) is 14.0 Å². The number of carbonyl (C=O) groups is 1. The molecule has 4 rings (SSSR count). The Morgan fingerprint density at radius 1 is 1.17 bits per heavy atom. The molecule has 0 saturated heterocycles. The molecular weight excluding hydrogens is 401 g/mol. The van der Waals surface area contributed by atoms with E-state index < -0.39 is 0 Å². The Kier molecular flexibility index (Phi) is 5.47. The van der Waals surface area contributed by atoms with Crippen molar-refractivity contribution in [3.8, 4) is 0 Å². The van der Waals surface area contributed by atoms with Gasteiger partial charge in [0.15, 0.2) is 5.16 Å². The topological polar surface area (TPSA) is 64.0 Å². The number of benzene rings is 2. The molecule has 0 bridgehead atoms. The maximum atomic E-state index is 13.1. The zero-order valence-corrected chi connectivity index (χ0v) is 17.8. The molecule has 0 spiro atoms. The monoisotopic (exact) mass is 423 g/mol. The van der Waals surface area contributed by atoms with Gasteiger partial charge in [-0.1, -0.05) is 47.7 Å². The van der Waals surface area contributed by atoms with Gasteiger partial charge in [-0.15, -0.1) is 0 Å². The van der Waals surface area contributed by atoms with Gasteiger partial charge in [-0.25, -0.2) is 4.39 Å². The fraction of sp³-hybridized carbons (Fsp3) is 0.261. The van der Waals surface area contributed by atoms with Gasteiger partial charge in [0.2, 0.25) is 5.91 Å². The molecule has 1 aliphatic rings. The molecule has 1 N–H and O–H groups in total. The van der Waals surface area contributed by atoms with Crippen LogP contribution >= 0.6 is 11.8 Å². The quantitative estimate of drug-likeness (QED) is 0.502. The third-order valence-electron chi connectivity index (χ3n) is 5.39. The van der Waals surface area contributed by atoms with E-state index in [0.29, 0.717) is 22.3 Å². The van der Waals surface area contributed by atoms with E-state index in [2.05, 4.69) is 10.3 Å². The van der Waals surface area contributed by atoms with Crippen molar-refractivity contribution in [3.05, 3.63) is 86.5 Å². The zero-order chi connectivity index (χ0) is 21.4. The molecule has 1 atom stereocenters. The van der Waals surface area contributed by atoms with E-state index >= 15 is 0 Å². The number of aromatic nitrogens is 2. The maximum absolute atomic E-state index is 13.1. The Bertz CT molecular complexity index is 1190. The number of halogens is 1. The van der Waals surface area contributed by atoms with Crippen LogP contribution in [0.15, 0.2) is 52.4 Å². The number of nitrogens with zero attached hydrogens (tertiary/aromatic N) is 2. The normalized spacial score (nSPS) is 15.6. The fourth-order valence-electron chi connectivity index (χ4n) is 3.79. The van der Waals surface area contributed by atoms with Gasteiger partial charge in [0, 0.05) is 25.1 Å². The zero-order valence-electron chi connectivity index (χ0n) is 17.0. The first kappa shape index (κ1) is 20.3. The van der Waals surface area contributed by atoms with Crippen molar-refractivity contribution in [2.45, 2.75) is 37.1 Å². The Morgan fingerprint density at radius 3 is 2.63 bits per heavy atom. The minimum atomic E-state index is -0.324. The molecule has 0 fully saturated rings. The summed E-state index contributed by atoms with van der Waals surface area (Å²) in [4.78, 5) is 29.9. The maximum Gasteiger partial charge on any atom is 0.279 e. The summed E-state index contributed by atoms with van der Waals surface area (Å²) >= 11 is 1.37. The standard InChI is InChI=1S/C23H22FN3O2S/c1-13-4-5-14(2)17(10-13)18-11-19(28)25-21-20(18)22(29)26-23(27(21)3)30-12-15-6-8-16(24)9-7-15/h4-10,18H,11-12H2,1-3H3,(H,25,28). The highest BCUT2D eigenvalue weighted by Gasteiger charge is 2.32. The van der Waals surface area contributed by atoms with E-state index in [1.54, 1.807) is 23.7 Å². The van der Waals surface area contributed by atoms with Crippen molar-refractivity contribution in [2.75, 3.05) is 5.32 Å². The number of aryl methyl sites for hydroxylation is 2. The second kappa shape index (κ2) is 8.07. The summed E-state index contributed by atoms with van der Waals surface area (Å²) in [5, 5.41) is 3.37. The minimum absolute atomic E-state index is 0.121. The highest BCUT2D eigenvalue weighted by atomic mass is 32.2. The van der Waals surface area contributed by atoms with Crippen LogP contribution < -0.4 is 10.9 Å². The molecule has 0 aliphatic carbocycles. The lowest BCUT2D eigenvalue weighted by atomic mass is 9.84. The van der Waals surface area contributed by atoms with Crippen molar-refractivity contribution in [1.29, 1.82) is 0 Å². The molecule has 7 heteroatoms. The summed E-state index contributed by atoms with van der Waals surface area (Å²) < 4.78 is 14.9. The number of amides is 1. The first-order chi connectivity index (χ1) is 14.3. The number of anilines is 1. The van der Waals surface area contributed by atoms with Gasteiger partial charge in [-0.3, -0.25) is 9.59 Å². The van der Waals surface area contributed by atoms with Gasteiger partial charge in [-0.2, -0.15) is 4.98 Å². The van der Waals surface area contributed by atoms with E-state index in [-0.39, 0.29) is 29.6 Å². The van der Waals surface area contributed by atoms with Crippen molar-refractivity contribution in [2.24, 2.45) is 7.05 Å². The average Bonchev–Trinajstić information content (AvgIpc) is 2.72. The van der Waals surface area contributed by atoms with Gasteiger partial charge in [0.1, 0.15) is 11.6 Å². The van der Waals surface area contributed by atoms with Crippen LogP contribution in [0.1, 0.15) is 40.2 Å². The van der Waals surface area contributed by atoms with Crippen LogP contribution in [0.4, 0.5) is 10.2 Å². The average molecular weight is 424 g/mol. The molecule has 0 saturated carbocycles. The fourth-order valence-corrected chi connectivity index (χ4v) is 4.71. The summed E-state index contributed by atoms with van der Waals surface area (Å²) in [6, 6.07) is 12.3. The highest BCUT2D eigenvalue weighted by molar-refractivity contribution is 7.98. The first-order valence-corrected chi connectivity index (χ1v) is 10.7. The number of hydrogen-bond acceptors (Lipinski definition) is 4. The number of rotatable bonds is 4. The Labute approximate surface area is 178 Å². The largest absolute Gasteiger partial charge is 0.312 e. The van der Waals surface area contributed by atoms with Gasteiger partial charge in [0.05, 0.1) is 5.56 Å².